The zero-order chi connectivity index (χ0) is 13.4. The zero-order valence-electron chi connectivity index (χ0n) is 10.3. The molecular weight excluding hydrogens is 278 g/mol. The molecule has 2 aromatic rings. The highest BCUT2D eigenvalue weighted by atomic mass is 32.1. The summed E-state index contributed by atoms with van der Waals surface area (Å²) in [6.07, 6.45) is 1.78. The number of rotatable bonds is 2. The van der Waals surface area contributed by atoms with Crippen LogP contribution in [0.5, 0.6) is 0 Å². The van der Waals surface area contributed by atoms with Gasteiger partial charge in [0.15, 0.2) is 10.7 Å². The van der Waals surface area contributed by atoms with Crippen molar-refractivity contribution in [2.24, 2.45) is 0 Å². The van der Waals surface area contributed by atoms with E-state index in [0.29, 0.717) is 28.2 Å². The van der Waals surface area contributed by atoms with E-state index in [4.69, 9.17) is 33.6 Å². The van der Waals surface area contributed by atoms with E-state index in [-0.39, 0.29) is 0 Å². The van der Waals surface area contributed by atoms with Crippen molar-refractivity contribution < 1.29 is 9.15 Å². The Morgan fingerprint density at radius 2 is 2.05 bits per heavy atom. The fourth-order valence-corrected chi connectivity index (χ4v) is 2.66. The summed E-state index contributed by atoms with van der Waals surface area (Å²) < 4.78 is 11.2. The first-order chi connectivity index (χ1) is 9.19. The van der Waals surface area contributed by atoms with E-state index < -0.39 is 0 Å². The quantitative estimate of drug-likeness (QED) is 0.620. The third-order valence-corrected chi connectivity index (χ3v) is 3.63. The summed E-state index contributed by atoms with van der Waals surface area (Å²) in [6, 6.07) is 9.78. The summed E-state index contributed by atoms with van der Waals surface area (Å²) in [6.45, 7) is 2.68. The second kappa shape index (κ2) is 4.75. The molecule has 0 N–H and O–H groups in total. The number of benzene rings is 1. The Balaban J connectivity index is 1.98. The molecule has 0 amide bonds. The Morgan fingerprint density at radius 1 is 1.26 bits per heavy atom. The summed E-state index contributed by atoms with van der Waals surface area (Å²) in [5, 5.41) is 1.45. The zero-order valence-corrected chi connectivity index (χ0v) is 11.9. The van der Waals surface area contributed by atoms with Crippen molar-refractivity contribution in [3.63, 3.8) is 0 Å². The van der Waals surface area contributed by atoms with Crippen molar-refractivity contribution in [3.8, 4) is 0 Å². The highest BCUT2D eigenvalue weighted by Crippen LogP contribution is 2.24. The first-order valence-electron chi connectivity index (χ1n) is 5.93. The van der Waals surface area contributed by atoms with E-state index in [9.17, 15) is 0 Å². The van der Waals surface area contributed by atoms with E-state index >= 15 is 0 Å². The van der Waals surface area contributed by atoms with Crippen LogP contribution in [0.1, 0.15) is 12.7 Å². The summed E-state index contributed by atoms with van der Waals surface area (Å²) in [5.41, 5.74) is 0.841. The Morgan fingerprint density at radius 3 is 2.74 bits per heavy atom. The summed E-state index contributed by atoms with van der Waals surface area (Å²) >= 11 is 10.4. The molecular formula is C14H11NO2S2. The highest BCUT2D eigenvalue weighted by molar-refractivity contribution is 7.82. The van der Waals surface area contributed by atoms with Gasteiger partial charge in [-0.1, -0.05) is 30.4 Å². The largest absolute Gasteiger partial charge is 0.457 e. The normalized spacial score (nSPS) is 17.5. The van der Waals surface area contributed by atoms with Crippen molar-refractivity contribution in [1.29, 1.82) is 0 Å². The van der Waals surface area contributed by atoms with E-state index in [1.807, 2.05) is 37.3 Å². The lowest BCUT2D eigenvalue weighted by atomic mass is 10.2. The second-order valence-electron chi connectivity index (χ2n) is 4.11. The molecule has 0 radical (unpaired) electrons. The first-order valence-corrected chi connectivity index (χ1v) is 6.74. The van der Waals surface area contributed by atoms with Crippen LogP contribution in [0.3, 0.4) is 0 Å². The molecule has 96 valence electrons. The maximum Gasteiger partial charge on any atom is 0.270 e. The Labute approximate surface area is 121 Å². The van der Waals surface area contributed by atoms with Gasteiger partial charge in [-0.2, -0.15) is 0 Å². The lowest BCUT2D eigenvalue weighted by molar-refractivity contribution is 0.441. The van der Waals surface area contributed by atoms with Crippen molar-refractivity contribution in [2.45, 2.75) is 6.92 Å². The van der Waals surface area contributed by atoms with Crippen LogP contribution in [0.2, 0.25) is 0 Å². The van der Waals surface area contributed by atoms with Gasteiger partial charge >= 0.3 is 0 Å². The van der Waals surface area contributed by atoms with Crippen molar-refractivity contribution in [3.05, 3.63) is 41.9 Å². The molecule has 1 aromatic heterocycles. The number of fused-ring (bicyclic) bond motifs is 1. The minimum atomic E-state index is 0.398. The van der Waals surface area contributed by atoms with Gasteiger partial charge in [0.05, 0.1) is 0 Å². The summed E-state index contributed by atoms with van der Waals surface area (Å²) in [5.74, 6) is 1.28. The maximum atomic E-state index is 5.70. The van der Waals surface area contributed by atoms with Gasteiger partial charge in [-0.05, 0) is 31.3 Å². The molecule has 1 saturated heterocycles. The van der Waals surface area contributed by atoms with Crippen molar-refractivity contribution >= 4 is 51.6 Å². The lowest BCUT2D eigenvalue weighted by Crippen LogP contribution is -2.26. The third kappa shape index (κ3) is 2.15. The number of nitrogens with zero attached hydrogens (tertiary/aromatic N) is 1. The van der Waals surface area contributed by atoms with Gasteiger partial charge in [0.1, 0.15) is 11.3 Å². The predicted octanol–water partition coefficient (Wildman–Crippen LogP) is 3.74. The van der Waals surface area contributed by atoms with Crippen LogP contribution >= 0.6 is 24.4 Å². The fourth-order valence-electron chi connectivity index (χ4n) is 1.98. The first kappa shape index (κ1) is 12.3. The molecule has 0 spiro atoms. The fraction of sp³-hybridized carbons (Fsp3) is 0.143. The van der Waals surface area contributed by atoms with E-state index in [0.717, 1.165) is 11.0 Å². The molecule has 3 nitrogen and oxygen atoms in total. The van der Waals surface area contributed by atoms with Gasteiger partial charge < -0.3 is 9.15 Å². The number of likely N-dealkylation sites (N-methyl/N-ethyl adjacent to an activating group) is 1. The second-order valence-corrected chi connectivity index (χ2v) is 4.85. The molecule has 1 aliphatic rings. The molecule has 0 unspecified atom stereocenters. The molecule has 19 heavy (non-hydrogen) atoms. The number of ether oxygens (including phenoxy) is 1. The van der Waals surface area contributed by atoms with E-state index in [1.165, 1.54) is 0 Å². The molecule has 0 bridgehead atoms. The molecule has 1 aromatic carbocycles. The minimum absolute atomic E-state index is 0.398. The lowest BCUT2D eigenvalue weighted by Gasteiger charge is -2.09. The van der Waals surface area contributed by atoms with Crippen LogP contribution in [-0.4, -0.2) is 21.6 Å². The molecule has 0 saturated carbocycles. The molecule has 2 heterocycles. The van der Waals surface area contributed by atoms with Crippen LogP contribution in [0.15, 0.2) is 40.5 Å². The van der Waals surface area contributed by atoms with Gasteiger partial charge in [-0.25, -0.2) is 0 Å². The van der Waals surface area contributed by atoms with Crippen LogP contribution in [0.25, 0.3) is 17.0 Å². The molecule has 0 aliphatic carbocycles. The van der Waals surface area contributed by atoms with Crippen molar-refractivity contribution in [1.82, 2.24) is 4.90 Å². The van der Waals surface area contributed by atoms with Crippen molar-refractivity contribution in [2.75, 3.05) is 6.54 Å². The van der Waals surface area contributed by atoms with Crippen LogP contribution in [0.4, 0.5) is 0 Å². The SMILES string of the molecule is CCN1C(=S)O/C(=C\c2cc3ccccc3o2)C1=S. The van der Waals surface area contributed by atoms with Crippen LogP contribution < -0.4 is 0 Å². The average molecular weight is 289 g/mol. The topological polar surface area (TPSA) is 25.6 Å². The van der Waals surface area contributed by atoms with Crippen LogP contribution in [0, 0.1) is 0 Å². The van der Waals surface area contributed by atoms with Gasteiger partial charge in [-0.3, -0.25) is 4.90 Å². The molecule has 1 fully saturated rings. The average Bonchev–Trinajstić information content (AvgIpc) is 2.91. The van der Waals surface area contributed by atoms with E-state index in [2.05, 4.69) is 0 Å². The standard InChI is InChI=1S/C14H11NO2S2/c1-2-15-13(18)12(17-14(15)19)8-10-7-9-5-3-4-6-11(9)16-10/h3-8H,2H2,1H3/b12-8-. The maximum absolute atomic E-state index is 5.70. The Kier molecular flexibility index (Phi) is 3.08. The molecule has 3 rings (SSSR count). The van der Waals surface area contributed by atoms with E-state index in [1.54, 1.807) is 11.0 Å². The van der Waals surface area contributed by atoms with Gasteiger partial charge in [-0.15, -0.1) is 0 Å². The highest BCUT2D eigenvalue weighted by Gasteiger charge is 2.28. The molecule has 5 heteroatoms. The number of furan rings is 1. The summed E-state index contributed by atoms with van der Waals surface area (Å²) in [4.78, 5) is 2.38. The number of para-hydroxylation sites is 1. The van der Waals surface area contributed by atoms with Gasteiger partial charge in [0.25, 0.3) is 5.17 Å². The Bertz CT molecular complexity index is 669. The predicted molar refractivity (Wildman–Crippen MR) is 82.9 cm³/mol. The molecule has 0 atom stereocenters. The number of hydrogen-bond acceptors (Lipinski definition) is 4. The number of thiocarbonyl (C=S) groups is 2. The smallest absolute Gasteiger partial charge is 0.270 e. The van der Waals surface area contributed by atoms with Crippen LogP contribution in [-0.2, 0) is 4.74 Å². The molecule has 1 aliphatic heterocycles. The van der Waals surface area contributed by atoms with Gasteiger partial charge in [0, 0.05) is 18.0 Å². The number of hydrogen-bond donors (Lipinski definition) is 0. The Hall–Kier alpha value is -1.72. The monoisotopic (exact) mass is 289 g/mol. The minimum Gasteiger partial charge on any atom is -0.457 e. The van der Waals surface area contributed by atoms with Gasteiger partial charge in [0.2, 0.25) is 0 Å². The third-order valence-electron chi connectivity index (χ3n) is 2.91. The summed E-state index contributed by atoms with van der Waals surface area (Å²) in [7, 11) is 0.